The first-order valence-electron chi connectivity index (χ1n) is 4.59. The molecule has 1 fully saturated rings. The Balaban J connectivity index is 0.000000671. The maximum Gasteiger partial charge on any atom is 0.289 e. The zero-order chi connectivity index (χ0) is 10.3. The van der Waals surface area contributed by atoms with Crippen LogP contribution in [0.3, 0.4) is 0 Å². The second kappa shape index (κ2) is 6.60. The molecule has 4 nitrogen and oxygen atoms in total. The maximum atomic E-state index is 11.0. The van der Waals surface area contributed by atoms with E-state index in [1.807, 2.05) is 13.8 Å². The summed E-state index contributed by atoms with van der Waals surface area (Å²) in [4.78, 5) is 23.1. The van der Waals surface area contributed by atoms with E-state index in [9.17, 15) is 9.59 Å². The third-order valence-corrected chi connectivity index (χ3v) is 1.60. The lowest BCUT2D eigenvalue weighted by atomic mass is 10.3. The average Bonchev–Trinajstić information content (AvgIpc) is 2.21. The molecule has 0 aromatic carbocycles. The Hall–Kier alpha value is -0.900. The Bertz CT molecular complexity index is 174. The van der Waals surface area contributed by atoms with Crippen LogP contribution in [0.15, 0.2) is 0 Å². The predicted molar refractivity (Wildman–Crippen MR) is 49.4 cm³/mol. The van der Waals surface area contributed by atoms with Gasteiger partial charge in [-0.2, -0.15) is 0 Å². The summed E-state index contributed by atoms with van der Waals surface area (Å²) in [5.41, 5.74) is 0. The molecule has 0 atom stereocenters. The molecule has 4 heteroatoms. The molecule has 0 aromatic rings. The normalized spacial score (nSPS) is 15.8. The zero-order valence-electron chi connectivity index (χ0n) is 8.50. The first-order valence-corrected chi connectivity index (χ1v) is 4.59. The van der Waals surface area contributed by atoms with E-state index in [1.165, 1.54) is 11.8 Å². The van der Waals surface area contributed by atoms with Gasteiger partial charge in [0.05, 0.1) is 13.2 Å². The van der Waals surface area contributed by atoms with Gasteiger partial charge in [-0.15, -0.1) is 0 Å². The van der Waals surface area contributed by atoms with Crippen molar-refractivity contribution < 1.29 is 14.3 Å². The fourth-order valence-corrected chi connectivity index (χ4v) is 0.989. The predicted octanol–water partition coefficient (Wildman–Crippen LogP) is 0.460. The van der Waals surface area contributed by atoms with E-state index in [2.05, 4.69) is 0 Å². The number of ketones is 1. The summed E-state index contributed by atoms with van der Waals surface area (Å²) >= 11 is 0. The molecule has 0 saturated carbocycles. The van der Waals surface area contributed by atoms with E-state index in [1.54, 1.807) is 0 Å². The number of carbonyl (C=O) groups excluding carboxylic acids is 2. The Kier molecular flexibility index (Phi) is 6.14. The van der Waals surface area contributed by atoms with E-state index >= 15 is 0 Å². The van der Waals surface area contributed by atoms with Gasteiger partial charge in [0, 0.05) is 20.0 Å². The van der Waals surface area contributed by atoms with Crippen LogP contribution in [0, 0.1) is 0 Å². The summed E-state index contributed by atoms with van der Waals surface area (Å²) in [6.07, 6.45) is 0. The molecule has 0 radical (unpaired) electrons. The first-order chi connectivity index (χ1) is 6.22. The third-order valence-electron chi connectivity index (χ3n) is 1.60. The molecular formula is C9H17NO3. The minimum absolute atomic E-state index is 0.395. The topological polar surface area (TPSA) is 46.6 Å². The van der Waals surface area contributed by atoms with Gasteiger partial charge in [0.2, 0.25) is 5.78 Å². The van der Waals surface area contributed by atoms with Crippen molar-refractivity contribution in [2.24, 2.45) is 0 Å². The van der Waals surface area contributed by atoms with Crippen molar-refractivity contribution in [1.82, 2.24) is 4.90 Å². The smallest absolute Gasteiger partial charge is 0.289 e. The molecule has 1 aliphatic rings. The van der Waals surface area contributed by atoms with E-state index in [4.69, 9.17) is 4.74 Å². The number of morpholine rings is 1. The molecule has 0 aromatic heterocycles. The van der Waals surface area contributed by atoms with Crippen molar-refractivity contribution in [2.45, 2.75) is 20.8 Å². The molecule has 76 valence electrons. The second-order valence-corrected chi connectivity index (χ2v) is 2.46. The molecule has 1 amide bonds. The molecular weight excluding hydrogens is 170 g/mol. The number of amides is 1. The first kappa shape index (κ1) is 12.1. The van der Waals surface area contributed by atoms with Gasteiger partial charge in [-0.25, -0.2) is 0 Å². The highest BCUT2D eigenvalue weighted by Crippen LogP contribution is 1.97. The van der Waals surface area contributed by atoms with Crippen molar-refractivity contribution >= 4 is 11.7 Å². The summed E-state index contributed by atoms with van der Waals surface area (Å²) in [6, 6.07) is 0. The lowest BCUT2D eigenvalue weighted by Crippen LogP contribution is -2.43. The second-order valence-electron chi connectivity index (χ2n) is 2.46. The number of ether oxygens (including phenoxy) is 1. The van der Waals surface area contributed by atoms with Crippen molar-refractivity contribution in [3.63, 3.8) is 0 Å². The van der Waals surface area contributed by atoms with Crippen LogP contribution in [0.5, 0.6) is 0 Å². The van der Waals surface area contributed by atoms with Gasteiger partial charge in [0.25, 0.3) is 5.91 Å². The number of hydrogen-bond donors (Lipinski definition) is 0. The SMILES string of the molecule is CC.CC(=O)C(=O)N1CCOCC1. The number of nitrogens with zero attached hydrogens (tertiary/aromatic N) is 1. The molecule has 0 unspecified atom stereocenters. The highest BCUT2D eigenvalue weighted by Gasteiger charge is 2.19. The average molecular weight is 187 g/mol. The van der Waals surface area contributed by atoms with Crippen LogP contribution in [0.2, 0.25) is 0 Å². The fraction of sp³-hybridized carbons (Fsp3) is 0.778. The third kappa shape index (κ3) is 4.03. The highest BCUT2D eigenvalue weighted by atomic mass is 16.5. The van der Waals surface area contributed by atoms with E-state index in [0.717, 1.165) is 0 Å². The largest absolute Gasteiger partial charge is 0.378 e. The van der Waals surface area contributed by atoms with Crippen LogP contribution < -0.4 is 0 Å². The van der Waals surface area contributed by atoms with Crippen molar-refractivity contribution in [3.05, 3.63) is 0 Å². The minimum Gasteiger partial charge on any atom is -0.378 e. The molecule has 1 heterocycles. The van der Waals surface area contributed by atoms with E-state index in [0.29, 0.717) is 26.3 Å². The number of Topliss-reactive ketones (excluding diaryl/α,β-unsaturated/α-hetero) is 1. The van der Waals surface area contributed by atoms with Crippen LogP contribution in [0.1, 0.15) is 20.8 Å². The van der Waals surface area contributed by atoms with Gasteiger partial charge in [-0.05, 0) is 0 Å². The van der Waals surface area contributed by atoms with Crippen molar-refractivity contribution in [1.29, 1.82) is 0 Å². The summed E-state index contributed by atoms with van der Waals surface area (Å²) in [6.45, 7) is 7.45. The molecule has 0 aliphatic carbocycles. The summed E-state index contributed by atoms with van der Waals surface area (Å²) in [5, 5.41) is 0. The Morgan fingerprint density at radius 1 is 1.15 bits per heavy atom. The van der Waals surface area contributed by atoms with Gasteiger partial charge in [-0.3, -0.25) is 9.59 Å². The summed E-state index contributed by atoms with van der Waals surface area (Å²) in [5.74, 6) is -0.791. The number of carbonyl (C=O) groups is 2. The lowest BCUT2D eigenvalue weighted by Gasteiger charge is -2.25. The van der Waals surface area contributed by atoms with Crippen LogP contribution >= 0.6 is 0 Å². The zero-order valence-corrected chi connectivity index (χ0v) is 8.50. The molecule has 1 saturated heterocycles. The lowest BCUT2D eigenvalue weighted by molar-refractivity contribution is -0.146. The minimum atomic E-state index is -0.396. The Morgan fingerprint density at radius 2 is 1.62 bits per heavy atom. The van der Waals surface area contributed by atoms with Gasteiger partial charge in [0.15, 0.2) is 0 Å². The van der Waals surface area contributed by atoms with Crippen LogP contribution in [-0.4, -0.2) is 42.9 Å². The quantitative estimate of drug-likeness (QED) is 0.560. The summed E-state index contributed by atoms with van der Waals surface area (Å²) < 4.78 is 5.02. The van der Waals surface area contributed by atoms with Crippen LogP contribution in [0.4, 0.5) is 0 Å². The Labute approximate surface area is 78.9 Å². The molecule has 1 aliphatic heterocycles. The number of rotatable bonds is 1. The van der Waals surface area contributed by atoms with Crippen molar-refractivity contribution in [3.8, 4) is 0 Å². The molecule has 0 spiro atoms. The maximum absolute atomic E-state index is 11.0. The molecule has 13 heavy (non-hydrogen) atoms. The Morgan fingerprint density at radius 3 is 2.00 bits per heavy atom. The van der Waals surface area contributed by atoms with E-state index in [-0.39, 0.29) is 0 Å². The molecule has 0 bridgehead atoms. The number of hydrogen-bond acceptors (Lipinski definition) is 3. The molecule has 0 N–H and O–H groups in total. The van der Waals surface area contributed by atoms with Crippen LogP contribution in [0.25, 0.3) is 0 Å². The molecule has 1 rings (SSSR count). The van der Waals surface area contributed by atoms with Gasteiger partial charge in [0.1, 0.15) is 0 Å². The van der Waals surface area contributed by atoms with Crippen molar-refractivity contribution in [2.75, 3.05) is 26.3 Å². The van der Waals surface area contributed by atoms with Crippen LogP contribution in [-0.2, 0) is 14.3 Å². The van der Waals surface area contributed by atoms with E-state index < -0.39 is 11.7 Å². The monoisotopic (exact) mass is 187 g/mol. The highest BCUT2D eigenvalue weighted by molar-refractivity contribution is 6.35. The van der Waals surface area contributed by atoms with Gasteiger partial charge < -0.3 is 9.64 Å². The van der Waals surface area contributed by atoms with Gasteiger partial charge >= 0.3 is 0 Å². The standard InChI is InChI=1S/C7H11NO3.C2H6/c1-6(9)7(10)8-2-4-11-5-3-8;1-2/h2-5H2,1H3;1-2H3. The summed E-state index contributed by atoms with van der Waals surface area (Å²) in [7, 11) is 0. The fourth-order valence-electron chi connectivity index (χ4n) is 0.989. The van der Waals surface area contributed by atoms with Gasteiger partial charge in [-0.1, -0.05) is 13.8 Å².